The molecule has 2 aromatic carbocycles. The molecule has 230 valence electrons. The average Bonchev–Trinajstić information content (AvgIpc) is 2.95. The van der Waals surface area contributed by atoms with Crippen LogP contribution in [-0.2, 0) is 21.2 Å². The second-order valence-corrected chi connectivity index (χ2v) is 14.1. The van der Waals surface area contributed by atoms with Crippen LogP contribution in [0.15, 0.2) is 59.5 Å². The largest absolute Gasteiger partial charge is 0.497 e. The molecular weight excluding hydrogens is 554 g/mol. The molecule has 10 heteroatoms. The van der Waals surface area contributed by atoms with Crippen molar-refractivity contribution in [2.75, 3.05) is 20.2 Å². The lowest BCUT2D eigenvalue weighted by Crippen LogP contribution is -2.53. The van der Waals surface area contributed by atoms with Crippen LogP contribution in [0, 0.1) is 16.7 Å². The van der Waals surface area contributed by atoms with Gasteiger partial charge in [-0.1, -0.05) is 49.6 Å². The molecule has 1 amide bonds. The van der Waals surface area contributed by atoms with Crippen LogP contribution in [0.25, 0.3) is 0 Å². The summed E-state index contributed by atoms with van der Waals surface area (Å²) in [6.45, 7) is 5.19. The van der Waals surface area contributed by atoms with Crippen LogP contribution in [0.4, 0.5) is 4.79 Å². The number of amides is 1. The maximum absolute atomic E-state index is 14.1. The molecule has 1 saturated carbocycles. The molecule has 9 nitrogen and oxygen atoms in total. The monoisotopic (exact) mass is 599 g/mol. The Balaban J connectivity index is 1.97. The van der Waals surface area contributed by atoms with Gasteiger partial charge in [-0.15, -0.1) is 0 Å². The Morgan fingerprint density at radius 2 is 1.74 bits per heavy atom. The second-order valence-electron chi connectivity index (χ2n) is 12.2. The van der Waals surface area contributed by atoms with E-state index in [2.05, 4.69) is 11.4 Å². The number of nitrogens with zero attached hydrogens (tertiary/aromatic N) is 2. The molecule has 1 fully saturated rings. The summed E-state index contributed by atoms with van der Waals surface area (Å²) >= 11 is 0. The SMILES string of the molecule is COc1ccc(S(=O)(=O)N(CC(O)C(Cc2ccccc2)NC(=O)OC(C)(C)C)CC2(CCC#N)CCCCC2)cc1. The van der Waals surface area contributed by atoms with Gasteiger partial charge in [0.25, 0.3) is 0 Å². The van der Waals surface area contributed by atoms with Gasteiger partial charge in [0.1, 0.15) is 11.4 Å². The molecule has 0 radical (unpaired) electrons. The third-order valence-corrected chi connectivity index (χ3v) is 9.57. The van der Waals surface area contributed by atoms with Gasteiger partial charge in [-0.3, -0.25) is 0 Å². The van der Waals surface area contributed by atoms with Gasteiger partial charge in [0.15, 0.2) is 0 Å². The van der Waals surface area contributed by atoms with Gasteiger partial charge in [0.2, 0.25) is 10.0 Å². The number of aliphatic hydroxyl groups excluding tert-OH is 1. The topological polar surface area (TPSA) is 129 Å². The number of alkyl carbamates (subject to hydrolysis) is 1. The predicted molar refractivity (Wildman–Crippen MR) is 161 cm³/mol. The number of benzene rings is 2. The van der Waals surface area contributed by atoms with Crippen LogP contribution < -0.4 is 10.1 Å². The zero-order chi connectivity index (χ0) is 30.8. The molecule has 0 aromatic heterocycles. The van der Waals surface area contributed by atoms with E-state index in [9.17, 15) is 23.6 Å². The molecule has 3 rings (SSSR count). The van der Waals surface area contributed by atoms with E-state index in [-0.39, 0.29) is 29.8 Å². The minimum Gasteiger partial charge on any atom is -0.497 e. The maximum Gasteiger partial charge on any atom is 0.407 e. The molecule has 0 spiro atoms. The molecule has 1 aliphatic rings. The number of rotatable bonds is 13. The first-order chi connectivity index (χ1) is 19.9. The molecule has 2 unspecified atom stereocenters. The third-order valence-electron chi connectivity index (χ3n) is 7.75. The summed E-state index contributed by atoms with van der Waals surface area (Å²) in [4.78, 5) is 12.9. The van der Waals surface area contributed by atoms with Crippen molar-refractivity contribution in [2.45, 2.75) is 94.8 Å². The van der Waals surface area contributed by atoms with Gasteiger partial charge in [0, 0.05) is 19.5 Å². The van der Waals surface area contributed by atoms with Crippen molar-refractivity contribution in [3.05, 3.63) is 60.2 Å². The molecule has 0 heterocycles. The lowest BCUT2D eigenvalue weighted by molar-refractivity contribution is 0.0376. The fourth-order valence-electron chi connectivity index (χ4n) is 5.57. The first-order valence-corrected chi connectivity index (χ1v) is 16.0. The molecule has 2 atom stereocenters. The highest BCUT2D eigenvalue weighted by molar-refractivity contribution is 7.89. The summed E-state index contributed by atoms with van der Waals surface area (Å²) in [5, 5.41) is 23.8. The number of methoxy groups -OCH3 is 1. The number of hydrogen-bond acceptors (Lipinski definition) is 7. The van der Waals surface area contributed by atoms with Crippen LogP contribution in [0.5, 0.6) is 5.75 Å². The number of nitrogens with one attached hydrogen (secondary N) is 1. The normalized spacial score (nSPS) is 16.7. The van der Waals surface area contributed by atoms with Gasteiger partial charge in [-0.2, -0.15) is 9.57 Å². The minimum absolute atomic E-state index is 0.0847. The third kappa shape index (κ3) is 9.72. The lowest BCUT2D eigenvalue weighted by atomic mass is 9.71. The maximum atomic E-state index is 14.1. The van der Waals surface area contributed by atoms with E-state index in [4.69, 9.17) is 9.47 Å². The van der Waals surface area contributed by atoms with Gasteiger partial charge >= 0.3 is 6.09 Å². The van der Waals surface area contributed by atoms with E-state index in [0.717, 1.165) is 37.7 Å². The summed E-state index contributed by atoms with van der Waals surface area (Å²) < 4.78 is 40.3. The predicted octanol–water partition coefficient (Wildman–Crippen LogP) is 5.44. The zero-order valence-electron chi connectivity index (χ0n) is 25.2. The average molecular weight is 600 g/mol. The Labute approximate surface area is 250 Å². The number of carbonyl (C=O) groups is 1. The van der Waals surface area contributed by atoms with Crippen molar-refractivity contribution in [3.8, 4) is 11.8 Å². The quantitative estimate of drug-likeness (QED) is 0.314. The molecule has 1 aliphatic carbocycles. The zero-order valence-corrected chi connectivity index (χ0v) is 26.0. The molecule has 0 bridgehead atoms. The minimum atomic E-state index is -4.06. The molecule has 2 aromatic rings. The van der Waals surface area contributed by atoms with Crippen LogP contribution in [0.2, 0.25) is 0 Å². The molecule has 2 N–H and O–H groups in total. The highest BCUT2D eigenvalue weighted by atomic mass is 32.2. The van der Waals surface area contributed by atoms with Gasteiger partial charge in [-0.05, 0) is 81.7 Å². The van der Waals surface area contributed by atoms with E-state index in [1.54, 1.807) is 32.9 Å². The number of ether oxygens (including phenoxy) is 2. The van der Waals surface area contributed by atoms with Crippen LogP contribution in [0.3, 0.4) is 0 Å². The Bertz CT molecular complexity index is 1280. The Kier molecular flexibility index (Phi) is 11.8. The summed E-state index contributed by atoms with van der Waals surface area (Å²) in [5.41, 5.74) is -0.245. The Morgan fingerprint density at radius 3 is 2.31 bits per heavy atom. The van der Waals surface area contributed by atoms with Crippen molar-refractivity contribution in [3.63, 3.8) is 0 Å². The van der Waals surface area contributed by atoms with E-state index in [1.807, 2.05) is 30.3 Å². The summed E-state index contributed by atoms with van der Waals surface area (Å²) in [6.07, 6.45) is 3.85. The smallest absolute Gasteiger partial charge is 0.407 e. The number of aliphatic hydroxyl groups is 1. The van der Waals surface area contributed by atoms with Crippen molar-refractivity contribution in [2.24, 2.45) is 5.41 Å². The van der Waals surface area contributed by atoms with Crippen LogP contribution >= 0.6 is 0 Å². The molecular formula is C32H45N3O6S. The number of nitriles is 1. The fraction of sp³-hybridized carbons (Fsp3) is 0.562. The van der Waals surface area contributed by atoms with Crippen molar-refractivity contribution < 1.29 is 27.8 Å². The summed E-state index contributed by atoms with van der Waals surface area (Å²) in [6, 6.07) is 17.0. The van der Waals surface area contributed by atoms with Gasteiger partial charge in [-0.25, -0.2) is 13.2 Å². The Hall–Kier alpha value is -3.13. The van der Waals surface area contributed by atoms with E-state index >= 15 is 0 Å². The van der Waals surface area contributed by atoms with Gasteiger partial charge in [0.05, 0.1) is 30.2 Å². The second kappa shape index (κ2) is 14.9. The van der Waals surface area contributed by atoms with E-state index in [1.165, 1.54) is 23.5 Å². The van der Waals surface area contributed by atoms with Gasteiger partial charge < -0.3 is 19.9 Å². The van der Waals surface area contributed by atoms with Crippen molar-refractivity contribution in [1.29, 1.82) is 5.26 Å². The number of carbonyl (C=O) groups excluding carboxylic acids is 1. The summed E-state index contributed by atoms with van der Waals surface area (Å²) in [5.74, 6) is 0.530. The molecule has 0 saturated heterocycles. The first kappa shape index (κ1) is 33.4. The molecule has 42 heavy (non-hydrogen) atoms. The van der Waals surface area contributed by atoms with E-state index < -0.39 is 33.9 Å². The van der Waals surface area contributed by atoms with Crippen molar-refractivity contribution in [1.82, 2.24) is 9.62 Å². The van der Waals surface area contributed by atoms with Crippen LogP contribution in [0.1, 0.15) is 71.3 Å². The first-order valence-electron chi connectivity index (χ1n) is 14.6. The lowest BCUT2D eigenvalue weighted by Gasteiger charge is -2.41. The van der Waals surface area contributed by atoms with E-state index in [0.29, 0.717) is 18.6 Å². The van der Waals surface area contributed by atoms with Crippen LogP contribution in [-0.4, -0.2) is 61.9 Å². The number of hydrogen-bond donors (Lipinski definition) is 2. The standard InChI is InChI=1S/C32H45N3O6S/c1-31(2,3)41-30(37)34-28(22-25-12-7-5-8-13-25)29(36)23-35(24-32(20-11-21-33)18-9-6-10-19-32)42(38,39)27-16-14-26(40-4)15-17-27/h5,7-8,12-17,28-29,36H,6,9-11,18-20,22-24H2,1-4H3,(H,34,37). The Morgan fingerprint density at radius 1 is 1.10 bits per heavy atom. The summed E-state index contributed by atoms with van der Waals surface area (Å²) in [7, 11) is -2.54. The number of sulfonamides is 1. The fourth-order valence-corrected chi connectivity index (χ4v) is 7.15. The highest BCUT2D eigenvalue weighted by Gasteiger charge is 2.39. The highest BCUT2D eigenvalue weighted by Crippen LogP contribution is 2.42. The molecule has 0 aliphatic heterocycles. The van der Waals surface area contributed by atoms with Crippen molar-refractivity contribution >= 4 is 16.1 Å².